The molecule has 2 N–H and O–H groups in total. The molecule has 1 saturated heterocycles. The number of aromatic nitrogens is 1. The van der Waals surface area contributed by atoms with Crippen molar-refractivity contribution in [3.8, 4) is 5.75 Å². The molecule has 2 aromatic rings. The number of benzene rings is 1. The van der Waals surface area contributed by atoms with Gasteiger partial charge in [0.15, 0.2) is 0 Å². The lowest BCUT2D eigenvalue weighted by molar-refractivity contribution is -0.118. The predicted molar refractivity (Wildman–Crippen MR) is 93.3 cm³/mol. The number of amides is 2. The fourth-order valence-electron chi connectivity index (χ4n) is 2.01. The average Bonchev–Trinajstić information content (AvgIpc) is 3.00. The molecule has 1 fully saturated rings. The molecule has 124 valence electrons. The molecule has 0 spiro atoms. The van der Waals surface area contributed by atoms with Gasteiger partial charge in [-0.3, -0.25) is 14.9 Å². The molecule has 2 heterocycles. The van der Waals surface area contributed by atoms with Gasteiger partial charge in [-0.2, -0.15) is 0 Å². The summed E-state index contributed by atoms with van der Waals surface area (Å²) in [5, 5.41) is 3.92. The first kappa shape index (κ1) is 11.9. The van der Waals surface area contributed by atoms with Crippen LogP contribution in [0.1, 0.15) is 11.0 Å². The van der Waals surface area contributed by atoms with Gasteiger partial charge >= 0.3 is 0 Å². The molecule has 3 rings (SSSR count). The molecule has 6 nitrogen and oxygen atoms in total. The van der Waals surface area contributed by atoms with Crippen molar-refractivity contribution < 1.29 is 19.8 Å². The Balaban J connectivity index is 1.71. The van der Waals surface area contributed by atoms with Gasteiger partial charge in [-0.15, -0.1) is 0 Å². The van der Waals surface area contributed by atoms with Crippen molar-refractivity contribution in [1.82, 2.24) is 10.3 Å². The standard InChI is InChI=1S/C17H17N3O3S/c21-16-14(24-17(22)20-16)11-12-4-6-13(7-5-12)23-10-9-19-15-3-1-2-8-18-15/h1-8,14H,9-11H2,(H,18,19)(H,20,21,22)/i4D,5D,6D,7D. The van der Waals surface area contributed by atoms with E-state index in [1.807, 2.05) is 6.07 Å². The molecule has 1 aliphatic heterocycles. The van der Waals surface area contributed by atoms with Gasteiger partial charge in [0.05, 0.1) is 17.3 Å². The summed E-state index contributed by atoms with van der Waals surface area (Å²) in [6.07, 6.45) is 1.57. The van der Waals surface area contributed by atoms with E-state index in [-0.39, 0.29) is 48.5 Å². The van der Waals surface area contributed by atoms with Gasteiger partial charge in [-0.25, -0.2) is 4.98 Å². The zero-order chi connectivity index (χ0) is 20.3. The maximum atomic E-state index is 11.7. The molecule has 24 heavy (non-hydrogen) atoms. The number of carbonyl (C=O) groups excluding carboxylic acids is 2. The number of nitrogens with zero attached hydrogens (tertiary/aromatic N) is 1. The van der Waals surface area contributed by atoms with Crippen LogP contribution < -0.4 is 15.4 Å². The molecule has 1 aromatic carbocycles. The summed E-state index contributed by atoms with van der Waals surface area (Å²) in [4.78, 5) is 27.1. The number of hydrogen-bond donors (Lipinski definition) is 2. The molecular formula is C17H17N3O3S. The zero-order valence-corrected chi connectivity index (χ0v) is 13.4. The summed E-state index contributed by atoms with van der Waals surface area (Å²) in [6.45, 7) is 0.473. The van der Waals surface area contributed by atoms with Gasteiger partial charge < -0.3 is 10.1 Å². The summed E-state index contributed by atoms with van der Waals surface area (Å²) in [5.41, 5.74) is 0.0799. The molecule has 0 radical (unpaired) electrons. The highest BCUT2D eigenvalue weighted by Crippen LogP contribution is 2.23. The van der Waals surface area contributed by atoms with Crippen LogP contribution in [0.4, 0.5) is 10.6 Å². The van der Waals surface area contributed by atoms with Gasteiger partial charge in [0.2, 0.25) is 5.91 Å². The minimum absolute atomic E-state index is 0.0703. The van der Waals surface area contributed by atoms with E-state index in [0.29, 0.717) is 12.4 Å². The molecule has 1 aliphatic rings. The Morgan fingerprint density at radius 3 is 2.79 bits per heavy atom. The number of nitrogens with one attached hydrogen (secondary N) is 2. The molecular weight excluding hydrogens is 326 g/mol. The van der Waals surface area contributed by atoms with Crippen LogP contribution in [0, 0.1) is 0 Å². The lowest BCUT2D eigenvalue weighted by Crippen LogP contribution is -2.25. The zero-order valence-electron chi connectivity index (χ0n) is 16.6. The van der Waals surface area contributed by atoms with Gasteiger partial charge in [0, 0.05) is 6.20 Å². The number of thioether (sulfide) groups is 1. The SMILES string of the molecule is [2H]c1c([2H])c(OCCNc2ccccn2)c([2H])c([2H])c1CC1SC(=O)NC1=O. The topological polar surface area (TPSA) is 80.3 Å². The summed E-state index contributed by atoms with van der Waals surface area (Å²) >= 11 is 0.782. The Morgan fingerprint density at radius 1 is 1.29 bits per heavy atom. The Labute approximate surface area is 149 Å². The predicted octanol–water partition coefficient (Wildman–Crippen LogP) is 2.47. The molecule has 0 aliphatic carbocycles. The van der Waals surface area contributed by atoms with Crippen LogP contribution in [0.25, 0.3) is 0 Å². The monoisotopic (exact) mass is 347 g/mol. The van der Waals surface area contributed by atoms with E-state index in [1.165, 1.54) is 0 Å². The van der Waals surface area contributed by atoms with Crippen LogP contribution in [0.5, 0.6) is 5.75 Å². The van der Waals surface area contributed by atoms with Crippen LogP contribution in [-0.4, -0.2) is 34.5 Å². The van der Waals surface area contributed by atoms with Crippen molar-refractivity contribution in [2.24, 2.45) is 0 Å². The number of imide groups is 1. The van der Waals surface area contributed by atoms with Crippen molar-refractivity contribution >= 4 is 28.7 Å². The van der Waals surface area contributed by atoms with Crippen LogP contribution in [0.15, 0.2) is 48.6 Å². The number of hydrogen-bond acceptors (Lipinski definition) is 6. The highest BCUT2D eigenvalue weighted by atomic mass is 32.2. The first-order chi connectivity index (χ1) is 13.4. The van der Waals surface area contributed by atoms with Gasteiger partial charge in [-0.1, -0.05) is 29.9 Å². The lowest BCUT2D eigenvalue weighted by Gasteiger charge is -2.09. The third kappa shape index (κ3) is 4.48. The average molecular weight is 347 g/mol. The Kier molecular flexibility index (Phi) is 3.89. The van der Waals surface area contributed by atoms with Gasteiger partial charge in [0.1, 0.15) is 18.2 Å². The number of anilines is 1. The minimum atomic E-state index is -0.770. The fraction of sp³-hybridized carbons (Fsp3) is 0.235. The third-order valence-electron chi connectivity index (χ3n) is 3.13. The maximum Gasteiger partial charge on any atom is 0.286 e. The van der Waals surface area contributed by atoms with Crippen molar-refractivity contribution in [3.63, 3.8) is 0 Å². The summed E-state index contributed by atoms with van der Waals surface area (Å²) in [5.74, 6) is 0.0110. The molecule has 2 amide bonds. The summed E-state index contributed by atoms with van der Waals surface area (Å²) in [7, 11) is 0. The normalized spacial score (nSPS) is 19.1. The second kappa shape index (κ2) is 7.83. The second-order valence-electron chi connectivity index (χ2n) is 4.89. The molecule has 0 saturated carbocycles. The fourth-order valence-corrected chi connectivity index (χ4v) is 2.85. The van der Waals surface area contributed by atoms with E-state index in [0.717, 1.165) is 11.8 Å². The molecule has 1 unspecified atom stereocenters. The number of rotatable bonds is 7. The number of ether oxygens (including phenoxy) is 1. The second-order valence-corrected chi connectivity index (χ2v) is 6.06. The minimum Gasteiger partial charge on any atom is -0.492 e. The van der Waals surface area contributed by atoms with E-state index >= 15 is 0 Å². The first-order valence-electron chi connectivity index (χ1n) is 9.27. The molecule has 1 atom stereocenters. The molecule has 7 heteroatoms. The van der Waals surface area contributed by atoms with E-state index in [9.17, 15) is 9.59 Å². The van der Waals surface area contributed by atoms with Crippen LogP contribution in [-0.2, 0) is 11.2 Å². The van der Waals surface area contributed by atoms with Crippen LogP contribution in [0.3, 0.4) is 0 Å². The summed E-state index contributed by atoms with van der Waals surface area (Å²) < 4.78 is 38.0. The van der Waals surface area contributed by atoms with E-state index in [4.69, 9.17) is 10.2 Å². The quantitative estimate of drug-likeness (QED) is 0.749. The largest absolute Gasteiger partial charge is 0.492 e. The maximum absolute atomic E-state index is 11.7. The highest BCUT2D eigenvalue weighted by Gasteiger charge is 2.31. The van der Waals surface area contributed by atoms with Crippen LogP contribution in [0.2, 0.25) is 0 Å². The van der Waals surface area contributed by atoms with Gasteiger partial charge in [-0.05, 0) is 36.2 Å². The van der Waals surface area contributed by atoms with E-state index in [1.54, 1.807) is 18.3 Å². The smallest absolute Gasteiger partial charge is 0.286 e. The Bertz CT molecular complexity index is 885. The number of pyridine rings is 1. The van der Waals surface area contributed by atoms with Gasteiger partial charge in [0.25, 0.3) is 5.24 Å². The molecule has 0 bridgehead atoms. The highest BCUT2D eigenvalue weighted by molar-refractivity contribution is 8.15. The van der Waals surface area contributed by atoms with E-state index in [2.05, 4.69) is 15.6 Å². The van der Waals surface area contributed by atoms with Crippen molar-refractivity contribution in [2.45, 2.75) is 11.7 Å². The van der Waals surface area contributed by atoms with Crippen molar-refractivity contribution in [3.05, 3.63) is 54.1 Å². The lowest BCUT2D eigenvalue weighted by atomic mass is 10.1. The van der Waals surface area contributed by atoms with Crippen molar-refractivity contribution in [1.29, 1.82) is 0 Å². The third-order valence-corrected chi connectivity index (χ3v) is 4.11. The van der Waals surface area contributed by atoms with Crippen LogP contribution >= 0.6 is 11.8 Å². The number of carbonyl (C=O) groups is 2. The van der Waals surface area contributed by atoms with E-state index < -0.39 is 16.4 Å². The first-order valence-corrected chi connectivity index (χ1v) is 8.15. The Morgan fingerprint density at radius 2 is 2.12 bits per heavy atom. The van der Waals surface area contributed by atoms with Crippen molar-refractivity contribution in [2.75, 3.05) is 18.5 Å². The molecule has 1 aromatic heterocycles. The Hall–Kier alpha value is -2.54. The summed E-state index contributed by atoms with van der Waals surface area (Å²) in [6, 6.07) is 4.22.